The predicted molar refractivity (Wildman–Crippen MR) is 90.8 cm³/mol. The Morgan fingerprint density at radius 3 is 2.84 bits per heavy atom. The lowest BCUT2D eigenvalue weighted by Crippen LogP contribution is -2.36. The molecular weight excluding hydrogens is 326 g/mol. The van der Waals surface area contributed by atoms with Gasteiger partial charge in [0.2, 0.25) is 5.91 Å². The highest BCUT2D eigenvalue weighted by atomic mass is 16.5. The van der Waals surface area contributed by atoms with E-state index in [1.807, 2.05) is 0 Å². The van der Waals surface area contributed by atoms with E-state index in [9.17, 15) is 14.7 Å². The van der Waals surface area contributed by atoms with Gasteiger partial charge in [0.15, 0.2) is 0 Å². The van der Waals surface area contributed by atoms with Crippen molar-refractivity contribution in [3.05, 3.63) is 29.3 Å². The zero-order valence-corrected chi connectivity index (χ0v) is 14.6. The van der Waals surface area contributed by atoms with Gasteiger partial charge < -0.3 is 24.6 Å². The van der Waals surface area contributed by atoms with Crippen molar-refractivity contribution in [3.8, 4) is 5.75 Å². The normalized spacial score (nSPS) is 18.4. The third kappa shape index (κ3) is 5.72. The largest absolute Gasteiger partial charge is 0.496 e. The van der Waals surface area contributed by atoms with Gasteiger partial charge in [-0.3, -0.25) is 4.79 Å². The summed E-state index contributed by atoms with van der Waals surface area (Å²) in [7, 11) is 1.41. The van der Waals surface area contributed by atoms with Crippen LogP contribution in [0.1, 0.15) is 42.1 Å². The molecule has 1 fully saturated rings. The minimum absolute atomic E-state index is 0.0590. The molecule has 1 aliphatic heterocycles. The lowest BCUT2D eigenvalue weighted by molar-refractivity contribution is -0.135. The first-order chi connectivity index (χ1) is 12.0. The molecule has 0 radical (unpaired) electrons. The van der Waals surface area contributed by atoms with Gasteiger partial charge in [0, 0.05) is 13.2 Å². The molecule has 2 atom stereocenters. The van der Waals surface area contributed by atoms with Crippen molar-refractivity contribution in [3.63, 3.8) is 0 Å². The van der Waals surface area contributed by atoms with Crippen LogP contribution in [-0.4, -0.2) is 49.5 Å². The topological polar surface area (TPSA) is 94.1 Å². The van der Waals surface area contributed by atoms with E-state index in [0.29, 0.717) is 12.2 Å². The molecule has 1 aromatic rings. The van der Waals surface area contributed by atoms with Crippen LogP contribution in [0.3, 0.4) is 0 Å². The summed E-state index contributed by atoms with van der Waals surface area (Å²) in [5.41, 5.74) is 0.738. The maximum atomic E-state index is 12.1. The second kappa shape index (κ2) is 9.39. The fourth-order valence-corrected chi connectivity index (χ4v) is 2.63. The molecule has 0 spiro atoms. The first kappa shape index (κ1) is 19.2. The highest BCUT2D eigenvalue weighted by Crippen LogP contribution is 2.20. The van der Waals surface area contributed by atoms with Gasteiger partial charge in [0.25, 0.3) is 0 Å². The molecule has 7 nitrogen and oxygen atoms in total. The van der Waals surface area contributed by atoms with E-state index in [-0.39, 0.29) is 29.9 Å². The van der Waals surface area contributed by atoms with Crippen molar-refractivity contribution >= 4 is 11.9 Å². The van der Waals surface area contributed by atoms with E-state index in [1.165, 1.54) is 13.2 Å². The highest BCUT2D eigenvalue weighted by molar-refractivity contribution is 5.91. The van der Waals surface area contributed by atoms with Crippen molar-refractivity contribution in [2.24, 2.45) is 0 Å². The van der Waals surface area contributed by atoms with Crippen LogP contribution < -0.4 is 10.1 Å². The molecule has 7 heteroatoms. The van der Waals surface area contributed by atoms with Crippen molar-refractivity contribution in [2.45, 2.75) is 44.9 Å². The molecule has 0 saturated carbocycles. The SMILES string of the molecule is COc1ccc(CNC(=O)[C@H](C)OC[C@H]2CCCCO2)cc1C(=O)O. The van der Waals surface area contributed by atoms with E-state index >= 15 is 0 Å². The minimum Gasteiger partial charge on any atom is -0.496 e. The molecule has 25 heavy (non-hydrogen) atoms. The molecule has 1 aromatic carbocycles. The smallest absolute Gasteiger partial charge is 0.339 e. The van der Waals surface area contributed by atoms with E-state index in [2.05, 4.69) is 5.32 Å². The Kier molecular flexibility index (Phi) is 7.21. The molecule has 2 N–H and O–H groups in total. The Labute approximate surface area is 147 Å². The lowest BCUT2D eigenvalue weighted by Gasteiger charge is -2.23. The maximum Gasteiger partial charge on any atom is 0.339 e. The van der Waals surface area contributed by atoms with Gasteiger partial charge in [0.05, 0.1) is 19.8 Å². The number of rotatable bonds is 8. The monoisotopic (exact) mass is 351 g/mol. The van der Waals surface area contributed by atoms with Crippen LogP contribution in [0, 0.1) is 0 Å². The Morgan fingerprint density at radius 1 is 1.40 bits per heavy atom. The van der Waals surface area contributed by atoms with Crippen LogP contribution in [-0.2, 0) is 20.8 Å². The van der Waals surface area contributed by atoms with Crippen molar-refractivity contribution in [2.75, 3.05) is 20.3 Å². The summed E-state index contributed by atoms with van der Waals surface area (Å²) in [6.45, 7) is 3.06. The van der Waals surface area contributed by atoms with Crippen LogP contribution in [0.4, 0.5) is 0 Å². The molecule has 1 heterocycles. The number of carboxylic acids is 1. The van der Waals surface area contributed by atoms with Gasteiger partial charge in [-0.1, -0.05) is 6.07 Å². The van der Waals surface area contributed by atoms with Gasteiger partial charge >= 0.3 is 5.97 Å². The second-order valence-electron chi connectivity index (χ2n) is 6.02. The third-order valence-electron chi connectivity index (χ3n) is 4.14. The van der Waals surface area contributed by atoms with E-state index in [0.717, 1.165) is 25.9 Å². The molecular formula is C18H25NO6. The second-order valence-corrected chi connectivity index (χ2v) is 6.02. The number of aromatic carboxylic acids is 1. The average Bonchev–Trinajstić information content (AvgIpc) is 2.64. The fraction of sp³-hybridized carbons (Fsp3) is 0.556. The zero-order chi connectivity index (χ0) is 18.2. The summed E-state index contributed by atoms with van der Waals surface area (Å²) >= 11 is 0. The average molecular weight is 351 g/mol. The first-order valence-corrected chi connectivity index (χ1v) is 8.42. The molecule has 0 unspecified atom stereocenters. The molecule has 1 aliphatic rings. The molecule has 1 saturated heterocycles. The van der Waals surface area contributed by atoms with Crippen molar-refractivity contribution < 1.29 is 28.9 Å². The Hall–Kier alpha value is -2.12. The summed E-state index contributed by atoms with van der Waals surface area (Å²) in [4.78, 5) is 23.3. The molecule has 0 bridgehead atoms. The van der Waals surface area contributed by atoms with Gasteiger partial charge in [0.1, 0.15) is 17.4 Å². The van der Waals surface area contributed by atoms with Gasteiger partial charge in [-0.25, -0.2) is 4.79 Å². The Morgan fingerprint density at radius 2 is 2.20 bits per heavy atom. The summed E-state index contributed by atoms with van der Waals surface area (Å²) in [6, 6.07) is 4.78. The quantitative estimate of drug-likeness (QED) is 0.744. The van der Waals surface area contributed by atoms with Crippen molar-refractivity contribution in [1.29, 1.82) is 0 Å². The number of ether oxygens (including phenoxy) is 3. The highest BCUT2D eigenvalue weighted by Gasteiger charge is 2.19. The first-order valence-electron chi connectivity index (χ1n) is 8.42. The summed E-state index contributed by atoms with van der Waals surface area (Å²) in [5.74, 6) is -1.04. The number of hydrogen-bond donors (Lipinski definition) is 2. The van der Waals surface area contributed by atoms with Crippen LogP contribution in [0.15, 0.2) is 18.2 Å². The maximum absolute atomic E-state index is 12.1. The summed E-state index contributed by atoms with van der Waals surface area (Å²) in [6.07, 6.45) is 2.62. The molecule has 0 aromatic heterocycles. The lowest BCUT2D eigenvalue weighted by atomic mass is 10.1. The zero-order valence-electron chi connectivity index (χ0n) is 14.6. The van der Waals surface area contributed by atoms with E-state index < -0.39 is 12.1 Å². The molecule has 2 rings (SSSR count). The van der Waals surface area contributed by atoms with Gasteiger partial charge in [-0.15, -0.1) is 0 Å². The van der Waals surface area contributed by atoms with Gasteiger partial charge in [-0.05, 0) is 43.9 Å². The Bertz CT molecular complexity index is 597. The van der Waals surface area contributed by atoms with E-state index in [4.69, 9.17) is 14.2 Å². The summed E-state index contributed by atoms with van der Waals surface area (Å²) in [5, 5.41) is 11.9. The van der Waals surface area contributed by atoms with E-state index in [1.54, 1.807) is 19.1 Å². The Balaban J connectivity index is 1.82. The predicted octanol–water partition coefficient (Wildman–Crippen LogP) is 1.98. The number of benzene rings is 1. The minimum atomic E-state index is -1.07. The summed E-state index contributed by atoms with van der Waals surface area (Å²) < 4.78 is 16.2. The number of amides is 1. The fourth-order valence-electron chi connectivity index (χ4n) is 2.63. The molecule has 138 valence electrons. The third-order valence-corrected chi connectivity index (χ3v) is 4.14. The van der Waals surface area contributed by atoms with Crippen LogP contribution in [0.2, 0.25) is 0 Å². The number of carboxylic acid groups (broad SMARTS) is 1. The standard InChI is InChI=1S/C18H25NO6/c1-12(25-11-14-5-3-4-8-24-14)17(20)19-10-13-6-7-16(23-2)15(9-13)18(21)22/h6-7,9,12,14H,3-5,8,10-11H2,1-2H3,(H,19,20)(H,21,22)/t12-,14+/m0/s1. The van der Waals surface area contributed by atoms with Crippen molar-refractivity contribution in [1.82, 2.24) is 5.32 Å². The number of methoxy groups -OCH3 is 1. The van der Waals surface area contributed by atoms with Gasteiger partial charge in [-0.2, -0.15) is 0 Å². The van der Waals surface area contributed by atoms with Crippen LogP contribution >= 0.6 is 0 Å². The molecule has 0 aliphatic carbocycles. The number of hydrogen-bond acceptors (Lipinski definition) is 5. The number of carbonyl (C=O) groups is 2. The number of nitrogens with one attached hydrogen (secondary N) is 1. The van der Waals surface area contributed by atoms with Crippen LogP contribution in [0.5, 0.6) is 5.75 Å². The van der Waals surface area contributed by atoms with Crippen LogP contribution in [0.25, 0.3) is 0 Å². The molecule has 1 amide bonds. The number of carbonyl (C=O) groups excluding carboxylic acids is 1.